The van der Waals surface area contributed by atoms with E-state index in [9.17, 15) is 4.79 Å². The Kier molecular flexibility index (Phi) is 5.18. The summed E-state index contributed by atoms with van der Waals surface area (Å²) in [6.45, 7) is 0.207. The highest BCUT2D eigenvalue weighted by Crippen LogP contribution is 2.41. The van der Waals surface area contributed by atoms with Crippen LogP contribution in [-0.4, -0.2) is 38.9 Å². The van der Waals surface area contributed by atoms with Gasteiger partial charge in [-0.1, -0.05) is 0 Å². The van der Waals surface area contributed by atoms with Gasteiger partial charge in [0.2, 0.25) is 18.3 Å². The molecule has 0 fully saturated rings. The average Bonchev–Trinajstić information content (AvgIpc) is 3.45. The molecule has 0 aliphatic carbocycles. The summed E-state index contributed by atoms with van der Waals surface area (Å²) in [6, 6.07) is 12.6. The molecule has 2 aromatic carbocycles. The third-order valence-corrected chi connectivity index (χ3v) is 6.51. The molecule has 0 unspecified atom stereocenters. The number of thiophene rings is 1. The number of anilines is 1. The van der Waals surface area contributed by atoms with E-state index in [0.29, 0.717) is 49.7 Å². The van der Waals surface area contributed by atoms with E-state index < -0.39 is 0 Å². The van der Waals surface area contributed by atoms with Crippen LogP contribution in [0.4, 0.5) is 5.69 Å². The van der Waals surface area contributed by atoms with Crippen molar-refractivity contribution >= 4 is 33.0 Å². The Hall–Kier alpha value is -3.98. The van der Waals surface area contributed by atoms with Crippen molar-refractivity contribution in [2.45, 2.75) is 0 Å². The number of fused-ring (bicyclic) bond motifs is 2. The van der Waals surface area contributed by atoms with Gasteiger partial charge in [0.05, 0.1) is 32.7 Å². The quantitative estimate of drug-likeness (QED) is 0.415. The number of ketones is 1. The number of ether oxygens (including phenoxy) is 5. The van der Waals surface area contributed by atoms with Crippen LogP contribution < -0.4 is 29.4 Å². The topological polar surface area (TPSA) is 102 Å². The van der Waals surface area contributed by atoms with E-state index in [4.69, 9.17) is 34.4 Å². The van der Waals surface area contributed by atoms with Gasteiger partial charge in [0.1, 0.15) is 9.71 Å². The van der Waals surface area contributed by atoms with Gasteiger partial charge >= 0.3 is 0 Å². The molecule has 3 heterocycles. The summed E-state index contributed by atoms with van der Waals surface area (Å²) in [5.41, 5.74) is 8.75. The Morgan fingerprint density at radius 2 is 1.70 bits per heavy atom. The number of hydrogen-bond donors (Lipinski definition) is 1. The number of carbonyl (C=O) groups is 1. The lowest BCUT2D eigenvalue weighted by atomic mass is 10.1. The van der Waals surface area contributed by atoms with E-state index in [1.54, 1.807) is 12.1 Å². The van der Waals surface area contributed by atoms with Gasteiger partial charge in [-0.05, 0) is 42.5 Å². The highest BCUT2D eigenvalue weighted by atomic mass is 32.1. The number of carbonyl (C=O) groups excluding carboxylic acids is 1. The molecule has 0 amide bonds. The third kappa shape index (κ3) is 3.46. The first kappa shape index (κ1) is 20.9. The van der Waals surface area contributed by atoms with Crippen LogP contribution in [0.5, 0.6) is 28.7 Å². The molecule has 33 heavy (non-hydrogen) atoms. The number of hydrogen-bond acceptors (Lipinski definition) is 9. The molecule has 0 saturated heterocycles. The van der Waals surface area contributed by atoms with Gasteiger partial charge in [-0.3, -0.25) is 4.79 Å². The van der Waals surface area contributed by atoms with E-state index in [-0.39, 0.29) is 12.6 Å². The minimum absolute atomic E-state index is 0.207. The van der Waals surface area contributed by atoms with Crippen molar-refractivity contribution in [1.29, 1.82) is 0 Å². The third-order valence-electron chi connectivity index (χ3n) is 5.40. The van der Waals surface area contributed by atoms with Gasteiger partial charge < -0.3 is 29.4 Å². The van der Waals surface area contributed by atoms with Crippen LogP contribution in [0.2, 0.25) is 0 Å². The number of nitrogens with zero attached hydrogens (tertiary/aromatic N) is 1. The van der Waals surface area contributed by atoms with Crippen LogP contribution in [0.1, 0.15) is 15.2 Å². The minimum Gasteiger partial charge on any atom is -0.493 e. The summed E-state index contributed by atoms with van der Waals surface area (Å²) >= 11 is 1.24. The molecule has 9 heteroatoms. The fraction of sp³-hybridized carbons (Fsp3) is 0.167. The zero-order valence-electron chi connectivity index (χ0n) is 18.1. The second kappa shape index (κ2) is 8.18. The van der Waals surface area contributed by atoms with Gasteiger partial charge in [0.15, 0.2) is 23.0 Å². The molecule has 0 saturated carbocycles. The SMILES string of the molecule is COc1cc(C(=O)c2sc3nc(-c4ccc5c(c4)OCO5)ccc3c2N)cc(OC)c1OC. The van der Waals surface area contributed by atoms with E-state index >= 15 is 0 Å². The first-order valence-corrected chi connectivity index (χ1v) is 10.8. The minimum atomic E-state index is -0.251. The van der Waals surface area contributed by atoms with Gasteiger partial charge in [0.25, 0.3) is 0 Å². The summed E-state index contributed by atoms with van der Waals surface area (Å²) in [7, 11) is 4.51. The smallest absolute Gasteiger partial charge is 0.231 e. The lowest BCUT2D eigenvalue weighted by molar-refractivity contribution is 0.104. The van der Waals surface area contributed by atoms with Crippen LogP contribution in [0.3, 0.4) is 0 Å². The van der Waals surface area contributed by atoms with E-state index in [1.807, 2.05) is 30.3 Å². The van der Waals surface area contributed by atoms with Gasteiger partial charge in [0, 0.05) is 16.5 Å². The molecule has 4 aromatic rings. The highest BCUT2D eigenvalue weighted by molar-refractivity contribution is 7.21. The number of aromatic nitrogens is 1. The Morgan fingerprint density at radius 1 is 0.970 bits per heavy atom. The van der Waals surface area contributed by atoms with E-state index in [2.05, 4.69) is 0 Å². The molecular weight excluding hydrogens is 444 g/mol. The van der Waals surface area contributed by atoms with Gasteiger partial charge in [-0.25, -0.2) is 4.98 Å². The van der Waals surface area contributed by atoms with Crippen LogP contribution in [-0.2, 0) is 0 Å². The van der Waals surface area contributed by atoms with Crippen LogP contribution in [0.15, 0.2) is 42.5 Å². The van der Waals surface area contributed by atoms with Gasteiger partial charge in [-0.2, -0.15) is 0 Å². The summed E-state index contributed by atoms with van der Waals surface area (Å²) in [4.78, 5) is 19.2. The predicted octanol–water partition coefficient (Wildman–Crippen LogP) is 4.53. The molecule has 1 aliphatic heterocycles. The van der Waals surface area contributed by atoms with Crippen molar-refractivity contribution < 1.29 is 28.5 Å². The Morgan fingerprint density at radius 3 is 2.39 bits per heavy atom. The van der Waals surface area contributed by atoms with Crippen LogP contribution >= 0.6 is 11.3 Å². The zero-order chi connectivity index (χ0) is 23.1. The molecule has 0 bridgehead atoms. The lowest BCUT2D eigenvalue weighted by Crippen LogP contribution is -2.04. The van der Waals surface area contributed by atoms with E-state index in [1.165, 1.54) is 32.7 Å². The molecule has 8 nitrogen and oxygen atoms in total. The molecule has 0 radical (unpaired) electrons. The Bertz CT molecular complexity index is 1370. The van der Waals surface area contributed by atoms with Crippen molar-refractivity contribution in [1.82, 2.24) is 4.98 Å². The molecule has 0 atom stereocenters. The number of methoxy groups -OCH3 is 3. The lowest BCUT2D eigenvalue weighted by Gasteiger charge is -2.13. The number of pyridine rings is 1. The molecular formula is C24H20N2O6S. The average molecular weight is 464 g/mol. The maximum Gasteiger partial charge on any atom is 0.231 e. The highest BCUT2D eigenvalue weighted by Gasteiger charge is 2.23. The summed E-state index contributed by atoms with van der Waals surface area (Å²) in [5, 5.41) is 0.722. The monoisotopic (exact) mass is 464 g/mol. The second-order valence-electron chi connectivity index (χ2n) is 7.21. The zero-order valence-corrected chi connectivity index (χ0v) is 18.9. The molecule has 168 valence electrons. The maximum absolute atomic E-state index is 13.4. The number of nitrogen functional groups attached to an aromatic ring is 1. The maximum atomic E-state index is 13.4. The van der Waals surface area contributed by atoms with Crippen LogP contribution in [0, 0.1) is 0 Å². The second-order valence-corrected chi connectivity index (χ2v) is 8.20. The molecule has 0 spiro atoms. The largest absolute Gasteiger partial charge is 0.493 e. The fourth-order valence-electron chi connectivity index (χ4n) is 3.73. The van der Waals surface area contributed by atoms with E-state index in [0.717, 1.165) is 16.6 Å². The van der Waals surface area contributed by atoms with Crippen molar-refractivity contribution in [3.8, 4) is 40.0 Å². The number of benzene rings is 2. The van der Waals surface area contributed by atoms with Crippen molar-refractivity contribution in [2.24, 2.45) is 0 Å². The first-order chi connectivity index (χ1) is 16.0. The molecule has 1 aliphatic rings. The Balaban J connectivity index is 1.55. The normalized spacial score (nSPS) is 12.1. The number of nitrogens with two attached hydrogens (primary N) is 1. The van der Waals surface area contributed by atoms with Crippen molar-refractivity contribution in [3.05, 3.63) is 52.9 Å². The summed E-state index contributed by atoms with van der Waals surface area (Å²) in [6.07, 6.45) is 0. The Labute approximate surface area is 193 Å². The van der Waals surface area contributed by atoms with Crippen LogP contribution in [0.25, 0.3) is 21.5 Å². The molecule has 5 rings (SSSR count). The first-order valence-electron chi connectivity index (χ1n) is 9.97. The molecule has 2 N–H and O–H groups in total. The predicted molar refractivity (Wildman–Crippen MR) is 125 cm³/mol. The summed E-state index contributed by atoms with van der Waals surface area (Å²) < 4.78 is 26.9. The van der Waals surface area contributed by atoms with Crippen molar-refractivity contribution in [2.75, 3.05) is 33.9 Å². The molecule has 2 aromatic heterocycles. The summed E-state index contributed by atoms with van der Waals surface area (Å²) in [5.74, 6) is 2.33. The van der Waals surface area contributed by atoms with Crippen molar-refractivity contribution in [3.63, 3.8) is 0 Å². The fourth-order valence-corrected chi connectivity index (χ4v) is 4.78. The number of rotatable bonds is 6. The van der Waals surface area contributed by atoms with Gasteiger partial charge in [-0.15, -0.1) is 11.3 Å². The standard InChI is InChI=1S/C24H20N2O6S/c1-28-18-9-13(10-19(29-2)22(18)30-3)21(27)23-20(25)14-5-6-15(26-24(14)33-23)12-4-7-16-17(8-12)32-11-31-16/h4-10H,11,25H2,1-3H3.